The van der Waals surface area contributed by atoms with Gasteiger partial charge in [0.15, 0.2) is 0 Å². The topological polar surface area (TPSA) is 38.1 Å². The van der Waals surface area contributed by atoms with Crippen molar-refractivity contribution in [2.24, 2.45) is 0 Å². The van der Waals surface area contributed by atoms with Crippen LogP contribution in [0, 0.1) is 5.82 Å². The molecular weight excluding hydrogens is 410 g/mol. The van der Waals surface area contributed by atoms with Gasteiger partial charge >= 0.3 is 6.18 Å². The second kappa shape index (κ2) is 7.35. The average Bonchev–Trinajstić information content (AvgIpc) is 3.14. The number of fused-ring (bicyclic) bond motifs is 3. The molecule has 8 heteroatoms. The van der Waals surface area contributed by atoms with E-state index in [-0.39, 0.29) is 25.4 Å². The first kappa shape index (κ1) is 20.5. The van der Waals surface area contributed by atoms with Crippen LogP contribution in [0.1, 0.15) is 67.7 Å². The van der Waals surface area contributed by atoms with Crippen LogP contribution < -0.4 is 4.90 Å². The fourth-order valence-electron chi connectivity index (χ4n) is 5.41. The Bertz CT molecular complexity index is 1020. The Morgan fingerprint density at radius 2 is 1.87 bits per heavy atom. The van der Waals surface area contributed by atoms with Gasteiger partial charge in [-0.1, -0.05) is 12.5 Å². The smallest absolute Gasteiger partial charge is 0.330 e. The lowest BCUT2D eigenvalue weighted by Gasteiger charge is -2.37. The highest BCUT2D eigenvalue weighted by molar-refractivity contribution is 6.08. The fraction of sp³-hybridized carbons (Fsp3) is 0.565. The molecular formula is C23H25F4N3O. The lowest BCUT2D eigenvalue weighted by Crippen LogP contribution is -2.45. The molecule has 1 spiro atoms. The van der Waals surface area contributed by atoms with Crippen LogP contribution in [-0.2, 0) is 36.1 Å². The molecule has 1 saturated carbocycles. The van der Waals surface area contributed by atoms with Crippen molar-refractivity contribution in [2.45, 2.75) is 82.5 Å². The van der Waals surface area contributed by atoms with Crippen LogP contribution in [0.25, 0.3) is 0 Å². The van der Waals surface area contributed by atoms with Crippen LogP contribution >= 0.6 is 0 Å². The van der Waals surface area contributed by atoms with Crippen LogP contribution in [0.15, 0.2) is 18.2 Å². The van der Waals surface area contributed by atoms with Gasteiger partial charge in [0.25, 0.3) is 0 Å². The maximum Gasteiger partial charge on any atom is 0.389 e. The molecule has 0 N–H and O–H groups in total. The van der Waals surface area contributed by atoms with E-state index in [1.54, 1.807) is 11.0 Å². The second-order valence-corrected chi connectivity index (χ2v) is 8.99. The molecule has 1 amide bonds. The summed E-state index contributed by atoms with van der Waals surface area (Å²) in [7, 11) is 0. The zero-order valence-electron chi connectivity index (χ0n) is 17.3. The zero-order chi connectivity index (χ0) is 21.8. The summed E-state index contributed by atoms with van der Waals surface area (Å²) in [6, 6.07) is 4.51. The number of alkyl halides is 3. The zero-order valence-corrected chi connectivity index (χ0v) is 17.3. The normalized spacial score (nSPS) is 19.5. The molecule has 2 heterocycles. The van der Waals surface area contributed by atoms with E-state index in [1.807, 2.05) is 4.57 Å². The van der Waals surface area contributed by atoms with Gasteiger partial charge in [0.1, 0.15) is 11.6 Å². The first-order chi connectivity index (χ1) is 14.8. The lowest BCUT2D eigenvalue weighted by atomic mass is 9.65. The van der Waals surface area contributed by atoms with Gasteiger partial charge in [-0.15, -0.1) is 0 Å². The Morgan fingerprint density at radius 1 is 1.10 bits per heavy atom. The van der Waals surface area contributed by atoms with Gasteiger partial charge in [-0.3, -0.25) is 4.79 Å². The third-order valence-corrected chi connectivity index (χ3v) is 7.08. The van der Waals surface area contributed by atoms with E-state index in [4.69, 9.17) is 4.98 Å². The number of anilines is 1. The minimum atomic E-state index is -4.20. The number of hydrogen-bond acceptors (Lipinski definition) is 2. The number of benzene rings is 1. The molecule has 1 aromatic heterocycles. The molecule has 0 atom stereocenters. The quantitative estimate of drug-likeness (QED) is 0.605. The second-order valence-electron chi connectivity index (χ2n) is 8.99. The van der Waals surface area contributed by atoms with E-state index < -0.39 is 23.8 Å². The maximum absolute atomic E-state index is 14.1. The molecule has 0 unspecified atom stereocenters. The predicted molar refractivity (Wildman–Crippen MR) is 107 cm³/mol. The van der Waals surface area contributed by atoms with Gasteiger partial charge in [-0.25, -0.2) is 9.37 Å². The van der Waals surface area contributed by atoms with Crippen molar-refractivity contribution < 1.29 is 22.4 Å². The number of aromatic nitrogens is 2. The van der Waals surface area contributed by atoms with E-state index in [0.717, 1.165) is 61.9 Å². The standard InChI is InChI=1S/C23H25F4N3O/c24-15-7-8-16-19(13-15)30(21(31)22(16)9-3-10-22)14-20-28-17-5-1-2-6-18(17)29(20)12-4-11-23(25,26)27/h7-8,13H,1-6,9-12,14H2. The highest BCUT2D eigenvalue weighted by Crippen LogP contribution is 2.53. The molecule has 166 valence electrons. The van der Waals surface area contributed by atoms with Crippen molar-refractivity contribution in [1.29, 1.82) is 0 Å². The van der Waals surface area contributed by atoms with Gasteiger partial charge in [0.2, 0.25) is 5.91 Å². The molecule has 5 rings (SSSR count). The maximum atomic E-state index is 14.1. The highest BCUT2D eigenvalue weighted by Gasteiger charge is 2.54. The summed E-state index contributed by atoms with van der Waals surface area (Å²) >= 11 is 0. The third kappa shape index (κ3) is 3.44. The largest absolute Gasteiger partial charge is 0.389 e. The van der Waals surface area contributed by atoms with Crippen molar-refractivity contribution >= 4 is 11.6 Å². The molecule has 2 aromatic rings. The van der Waals surface area contributed by atoms with Gasteiger partial charge < -0.3 is 9.47 Å². The summed E-state index contributed by atoms with van der Waals surface area (Å²) in [5, 5.41) is 0. The van der Waals surface area contributed by atoms with Gasteiger partial charge in [-0.05, 0) is 62.6 Å². The van der Waals surface area contributed by atoms with E-state index >= 15 is 0 Å². The van der Waals surface area contributed by atoms with E-state index in [1.165, 1.54) is 12.1 Å². The van der Waals surface area contributed by atoms with Gasteiger partial charge in [0, 0.05) is 18.7 Å². The summed E-state index contributed by atoms with van der Waals surface area (Å²) in [4.78, 5) is 19.7. The summed E-state index contributed by atoms with van der Waals surface area (Å²) in [6.07, 6.45) is 0.963. The Labute approximate surface area is 178 Å². The van der Waals surface area contributed by atoms with Crippen molar-refractivity contribution in [1.82, 2.24) is 9.55 Å². The molecule has 0 saturated heterocycles. The molecule has 0 bridgehead atoms. The summed E-state index contributed by atoms with van der Waals surface area (Å²) in [6.45, 7) is 0.385. The van der Waals surface area contributed by atoms with Crippen LogP contribution in [0.4, 0.5) is 23.2 Å². The SMILES string of the molecule is O=C1N(Cc2nc3c(n2CCCC(F)(F)F)CCCC3)c2cc(F)ccc2C12CCC2. The van der Waals surface area contributed by atoms with Gasteiger partial charge in [0.05, 0.1) is 23.3 Å². The van der Waals surface area contributed by atoms with Crippen molar-refractivity contribution in [2.75, 3.05) is 4.90 Å². The van der Waals surface area contributed by atoms with Crippen molar-refractivity contribution in [3.63, 3.8) is 0 Å². The number of carbonyl (C=O) groups is 1. The van der Waals surface area contributed by atoms with Crippen LogP contribution in [-0.4, -0.2) is 21.6 Å². The number of hydrogen-bond donors (Lipinski definition) is 0. The van der Waals surface area contributed by atoms with Gasteiger partial charge in [-0.2, -0.15) is 13.2 Å². The number of rotatable bonds is 5. The first-order valence-corrected chi connectivity index (χ1v) is 11.0. The van der Waals surface area contributed by atoms with Crippen LogP contribution in [0.2, 0.25) is 0 Å². The molecule has 1 aromatic carbocycles. The molecule has 3 aliphatic rings. The summed E-state index contributed by atoms with van der Waals surface area (Å²) < 4.78 is 54.1. The number of carbonyl (C=O) groups excluding carboxylic acids is 1. The summed E-state index contributed by atoms with van der Waals surface area (Å²) in [5.74, 6) is 0.164. The molecule has 2 aliphatic carbocycles. The number of amides is 1. The third-order valence-electron chi connectivity index (χ3n) is 7.08. The first-order valence-electron chi connectivity index (χ1n) is 11.0. The van der Waals surface area contributed by atoms with E-state index in [2.05, 4.69) is 0 Å². The Balaban J connectivity index is 1.48. The number of imidazole rings is 1. The highest BCUT2D eigenvalue weighted by atomic mass is 19.4. The molecule has 1 aliphatic heterocycles. The lowest BCUT2D eigenvalue weighted by molar-refractivity contribution is -0.136. The van der Waals surface area contributed by atoms with E-state index in [0.29, 0.717) is 11.5 Å². The molecule has 4 nitrogen and oxygen atoms in total. The number of aryl methyl sites for hydroxylation is 1. The van der Waals surface area contributed by atoms with Crippen molar-refractivity contribution in [3.05, 3.63) is 46.8 Å². The van der Waals surface area contributed by atoms with Crippen LogP contribution in [0.3, 0.4) is 0 Å². The molecule has 0 radical (unpaired) electrons. The number of nitrogens with zero attached hydrogens (tertiary/aromatic N) is 3. The summed E-state index contributed by atoms with van der Waals surface area (Å²) in [5.41, 5.74) is 2.79. The number of halogens is 4. The fourth-order valence-corrected chi connectivity index (χ4v) is 5.41. The molecule has 1 fully saturated rings. The Kier molecular flexibility index (Phi) is 4.86. The molecule has 31 heavy (non-hydrogen) atoms. The minimum Gasteiger partial charge on any atom is -0.330 e. The Morgan fingerprint density at radius 3 is 2.58 bits per heavy atom. The average molecular weight is 435 g/mol. The Hall–Kier alpha value is -2.38. The van der Waals surface area contributed by atoms with E-state index in [9.17, 15) is 22.4 Å². The monoisotopic (exact) mass is 435 g/mol. The van der Waals surface area contributed by atoms with Crippen molar-refractivity contribution in [3.8, 4) is 0 Å². The van der Waals surface area contributed by atoms with Crippen LogP contribution in [0.5, 0.6) is 0 Å². The predicted octanol–water partition coefficient (Wildman–Crippen LogP) is 5.21. The minimum absolute atomic E-state index is 0.0254.